The van der Waals surface area contributed by atoms with Crippen molar-refractivity contribution in [2.24, 2.45) is 7.05 Å². The molecule has 2 aromatic carbocycles. The van der Waals surface area contributed by atoms with E-state index >= 15 is 0 Å². The molecule has 1 atom stereocenters. The fourth-order valence-electron chi connectivity index (χ4n) is 2.67. The fraction of sp³-hybridized carbons (Fsp3) is 0.211. The summed E-state index contributed by atoms with van der Waals surface area (Å²) in [5, 5.41) is 23.2. The SMILES string of the molecule is CC(Oc1ccc(Cl)cc1Cl)c1nnc(SCC(=O)Nc2ccccc2[N+](=O)[O-])n1C. The van der Waals surface area contributed by atoms with Crippen LogP contribution >= 0.6 is 35.0 Å². The normalized spacial score (nSPS) is 11.7. The number of halogens is 2. The summed E-state index contributed by atoms with van der Waals surface area (Å²) in [5.41, 5.74) is -0.0350. The summed E-state index contributed by atoms with van der Waals surface area (Å²) in [6.07, 6.45) is -0.466. The number of thioether (sulfide) groups is 1. The number of hydrogen-bond donors (Lipinski definition) is 1. The molecule has 3 rings (SSSR count). The van der Waals surface area contributed by atoms with Crippen molar-refractivity contribution in [1.29, 1.82) is 0 Å². The zero-order valence-electron chi connectivity index (χ0n) is 16.4. The standard InChI is InChI=1S/C19H17Cl2N5O4S/c1-11(30-16-8-7-12(20)9-13(16)21)18-23-24-19(25(18)2)31-10-17(27)22-14-5-3-4-6-15(14)26(28)29/h3-9,11H,10H2,1-2H3,(H,22,27). The molecule has 0 bridgehead atoms. The summed E-state index contributed by atoms with van der Waals surface area (Å²) in [6, 6.07) is 10.9. The van der Waals surface area contributed by atoms with E-state index in [0.717, 1.165) is 11.8 Å². The Morgan fingerprint density at radius 1 is 1.29 bits per heavy atom. The van der Waals surface area contributed by atoms with E-state index in [2.05, 4.69) is 15.5 Å². The van der Waals surface area contributed by atoms with Crippen LogP contribution in [0.2, 0.25) is 10.0 Å². The van der Waals surface area contributed by atoms with Crippen LogP contribution in [0, 0.1) is 10.1 Å². The fourth-order valence-corrected chi connectivity index (χ4v) is 3.85. The van der Waals surface area contributed by atoms with Gasteiger partial charge in [-0.1, -0.05) is 47.1 Å². The first-order chi connectivity index (χ1) is 14.8. The smallest absolute Gasteiger partial charge is 0.292 e. The molecule has 0 saturated carbocycles. The van der Waals surface area contributed by atoms with Gasteiger partial charge in [0.05, 0.1) is 15.7 Å². The van der Waals surface area contributed by atoms with Crippen molar-refractivity contribution in [3.05, 3.63) is 68.4 Å². The van der Waals surface area contributed by atoms with E-state index in [1.54, 1.807) is 42.8 Å². The summed E-state index contributed by atoms with van der Waals surface area (Å²) in [5.74, 6) is 0.587. The van der Waals surface area contributed by atoms with Crippen molar-refractivity contribution in [2.45, 2.75) is 18.2 Å². The summed E-state index contributed by atoms with van der Waals surface area (Å²) in [4.78, 5) is 22.8. The van der Waals surface area contributed by atoms with Gasteiger partial charge in [-0.25, -0.2) is 0 Å². The van der Waals surface area contributed by atoms with Crippen LogP contribution in [0.15, 0.2) is 47.6 Å². The number of nitrogens with one attached hydrogen (secondary N) is 1. The van der Waals surface area contributed by atoms with Crippen LogP contribution in [-0.2, 0) is 11.8 Å². The van der Waals surface area contributed by atoms with Gasteiger partial charge in [0, 0.05) is 18.1 Å². The predicted octanol–water partition coefficient (Wildman–Crippen LogP) is 4.90. The van der Waals surface area contributed by atoms with E-state index < -0.39 is 16.9 Å². The predicted molar refractivity (Wildman–Crippen MR) is 119 cm³/mol. The molecule has 0 aliphatic heterocycles. The molecule has 162 valence electrons. The number of benzene rings is 2. The molecule has 0 fully saturated rings. The molecule has 31 heavy (non-hydrogen) atoms. The minimum absolute atomic E-state index is 0.00370. The number of rotatable bonds is 8. The largest absolute Gasteiger partial charge is 0.481 e. The van der Waals surface area contributed by atoms with Gasteiger partial charge in [-0.15, -0.1) is 10.2 Å². The number of nitro benzene ring substituents is 1. The lowest BCUT2D eigenvalue weighted by molar-refractivity contribution is -0.383. The Morgan fingerprint density at radius 3 is 2.74 bits per heavy atom. The quantitative estimate of drug-likeness (QED) is 0.276. The molecular formula is C19H17Cl2N5O4S. The van der Waals surface area contributed by atoms with E-state index in [1.807, 2.05) is 0 Å². The maximum absolute atomic E-state index is 12.3. The van der Waals surface area contributed by atoms with Crippen molar-refractivity contribution >= 4 is 52.2 Å². The van der Waals surface area contributed by atoms with Crippen LogP contribution in [0.1, 0.15) is 18.9 Å². The average molecular weight is 482 g/mol. The highest BCUT2D eigenvalue weighted by Crippen LogP contribution is 2.31. The minimum Gasteiger partial charge on any atom is -0.481 e. The Kier molecular flexibility index (Phi) is 7.37. The molecule has 0 aliphatic carbocycles. The lowest BCUT2D eigenvalue weighted by atomic mass is 10.2. The second kappa shape index (κ2) is 9.99. The number of aromatic nitrogens is 3. The zero-order valence-corrected chi connectivity index (χ0v) is 18.7. The third-order valence-corrected chi connectivity index (χ3v) is 5.69. The Hall–Kier alpha value is -2.82. The van der Waals surface area contributed by atoms with Gasteiger partial charge in [0.1, 0.15) is 11.4 Å². The second-order valence-electron chi connectivity index (χ2n) is 6.35. The molecule has 1 aromatic heterocycles. The van der Waals surface area contributed by atoms with Crippen molar-refractivity contribution in [3.63, 3.8) is 0 Å². The number of ether oxygens (including phenoxy) is 1. The first-order valence-corrected chi connectivity index (χ1v) is 10.7. The number of carbonyl (C=O) groups is 1. The molecule has 0 spiro atoms. The van der Waals surface area contributed by atoms with Crippen LogP contribution in [0.25, 0.3) is 0 Å². The molecule has 0 radical (unpaired) electrons. The van der Waals surface area contributed by atoms with Gasteiger partial charge in [0.25, 0.3) is 5.69 Å². The van der Waals surface area contributed by atoms with Crippen LogP contribution < -0.4 is 10.1 Å². The molecule has 0 saturated heterocycles. The van der Waals surface area contributed by atoms with Gasteiger partial charge < -0.3 is 14.6 Å². The van der Waals surface area contributed by atoms with Gasteiger partial charge in [0.15, 0.2) is 17.1 Å². The number of amides is 1. The minimum atomic E-state index is -0.550. The summed E-state index contributed by atoms with van der Waals surface area (Å²) in [7, 11) is 1.75. The first kappa shape index (κ1) is 22.9. The molecule has 9 nitrogen and oxygen atoms in total. The van der Waals surface area contributed by atoms with Crippen molar-refractivity contribution in [3.8, 4) is 5.75 Å². The van der Waals surface area contributed by atoms with Crippen molar-refractivity contribution in [2.75, 3.05) is 11.1 Å². The lowest BCUT2D eigenvalue weighted by Gasteiger charge is -2.15. The third kappa shape index (κ3) is 5.66. The maximum atomic E-state index is 12.3. The summed E-state index contributed by atoms with van der Waals surface area (Å²) in [6.45, 7) is 1.80. The summed E-state index contributed by atoms with van der Waals surface area (Å²) >= 11 is 13.2. The Labute approximate surface area is 191 Å². The Morgan fingerprint density at radius 2 is 2.03 bits per heavy atom. The van der Waals surface area contributed by atoms with Crippen LogP contribution in [0.3, 0.4) is 0 Å². The van der Waals surface area contributed by atoms with E-state index in [1.165, 1.54) is 18.2 Å². The molecule has 1 N–H and O–H groups in total. The van der Waals surface area contributed by atoms with Gasteiger partial charge in [-0.05, 0) is 31.2 Å². The van der Waals surface area contributed by atoms with Crippen LogP contribution in [-0.4, -0.2) is 31.3 Å². The van der Waals surface area contributed by atoms with Gasteiger partial charge in [-0.3, -0.25) is 14.9 Å². The first-order valence-electron chi connectivity index (χ1n) is 8.93. The number of para-hydroxylation sites is 2. The lowest BCUT2D eigenvalue weighted by Crippen LogP contribution is -2.15. The average Bonchev–Trinajstić information content (AvgIpc) is 3.09. The third-order valence-electron chi connectivity index (χ3n) is 4.14. The monoisotopic (exact) mass is 481 g/mol. The van der Waals surface area contributed by atoms with Crippen LogP contribution in [0.4, 0.5) is 11.4 Å². The highest BCUT2D eigenvalue weighted by molar-refractivity contribution is 7.99. The Bertz CT molecular complexity index is 1120. The van der Waals surface area contributed by atoms with E-state index in [9.17, 15) is 14.9 Å². The molecule has 1 amide bonds. The molecule has 12 heteroatoms. The number of hydrogen-bond acceptors (Lipinski definition) is 7. The molecule has 3 aromatic rings. The van der Waals surface area contributed by atoms with Crippen LogP contribution in [0.5, 0.6) is 5.75 Å². The highest BCUT2D eigenvalue weighted by Gasteiger charge is 2.20. The van der Waals surface area contributed by atoms with Gasteiger partial charge >= 0.3 is 0 Å². The van der Waals surface area contributed by atoms with E-state index in [0.29, 0.717) is 26.8 Å². The van der Waals surface area contributed by atoms with Crippen molar-refractivity contribution in [1.82, 2.24) is 14.8 Å². The highest BCUT2D eigenvalue weighted by atomic mass is 35.5. The van der Waals surface area contributed by atoms with Crippen molar-refractivity contribution < 1.29 is 14.5 Å². The Balaban J connectivity index is 1.62. The topological polar surface area (TPSA) is 112 Å². The van der Waals surface area contributed by atoms with Gasteiger partial charge in [0.2, 0.25) is 5.91 Å². The molecule has 1 unspecified atom stereocenters. The second-order valence-corrected chi connectivity index (χ2v) is 8.13. The number of nitrogens with zero attached hydrogens (tertiary/aromatic N) is 4. The van der Waals surface area contributed by atoms with E-state index in [4.69, 9.17) is 27.9 Å². The zero-order chi connectivity index (χ0) is 22.5. The number of carbonyl (C=O) groups excluding carboxylic acids is 1. The number of nitro groups is 1. The maximum Gasteiger partial charge on any atom is 0.292 e. The summed E-state index contributed by atoms with van der Waals surface area (Å²) < 4.78 is 7.56. The molecule has 0 aliphatic rings. The number of anilines is 1. The molecular weight excluding hydrogens is 465 g/mol. The van der Waals surface area contributed by atoms with E-state index in [-0.39, 0.29) is 17.1 Å². The molecule has 1 heterocycles. The van der Waals surface area contributed by atoms with Gasteiger partial charge in [-0.2, -0.15) is 0 Å².